The van der Waals surface area contributed by atoms with Crippen molar-refractivity contribution in [1.82, 2.24) is 10.2 Å². The van der Waals surface area contributed by atoms with Crippen molar-refractivity contribution in [3.63, 3.8) is 0 Å². The zero-order valence-corrected chi connectivity index (χ0v) is 16.4. The van der Waals surface area contributed by atoms with Crippen molar-refractivity contribution in [1.29, 1.82) is 0 Å². The molecular formula is C21H23N3O5. The maximum Gasteiger partial charge on any atom is 0.324 e. The molecule has 1 saturated heterocycles. The molecule has 2 N–H and O–H groups in total. The molecular weight excluding hydrogens is 374 g/mol. The fourth-order valence-electron chi connectivity index (χ4n) is 2.90. The second-order valence-corrected chi connectivity index (χ2v) is 6.31. The molecule has 152 valence electrons. The first-order chi connectivity index (χ1) is 14.0. The number of urea groups is 1. The van der Waals surface area contributed by atoms with Gasteiger partial charge in [0.2, 0.25) is 5.91 Å². The number of carbonyl (C=O) groups is 3. The van der Waals surface area contributed by atoms with Gasteiger partial charge in [-0.25, -0.2) is 4.79 Å². The standard InChI is InChI=1S/C21H23N3O5/c1-3-28-16-9-10-18(29-4-2)17(11-16)23-20(26)15-7-5-14(6-8-15)13-24-19(25)12-22-21(24)27/h5-11H,3-4,12-13H2,1-2H3,(H,22,27)(H,23,26). The Morgan fingerprint density at radius 1 is 1.07 bits per heavy atom. The molecule has 3 rings (SSSR count). The van der Waals surface area contributed by atoms with E-state index in [0.717, 1.165) is 10.5 Å². The van der Waals surface area contributed by atoms with Gasteiger partial charge in [-0.15, -0.1) is 0 Å². The van der Waals surface area contributed by atoms with Gasteiger partial charge in [-0.1, -0.05) is 12.1 Å². The summed E-state index contributed by atoms with van der Waals surface area (Å²) < 4.78 is 11.1. The van der Waals surface area contributed by atoms with Crippen LogP contribution in [0.2, 0.25) is 0 Å². The first kappa shape index (κ1) is 20.2. The van der Waals surface area contributed by atoms with Crippen LogP contribution < -0.4 is 20.1 Å². The predicted octanol–water partition coefficient (Wildman–Crippen LogP) is 2.79. The maximum absolute atomic E-state index is 12.7. The molecule has 1 aliphatic rings. The average Bonchev–Trinajstić information content (AvgIpc) is 3.03. The second-order valence-electron chi connectivity index (χ2n) is 6.31. The van der Waals surface area contributed by atoms with E-state index in [1.807, 2.05) is 13.8 Å². The summed E-state index contributed by atoms with van der Waals surface area (Å²) in [7, 11) is 0. The van der Waals surface area contributed by atoms with E-state index in [1.54, 1.807) is 42.5 Å². The van der Waals surface area contributed by atoms with Gasteiger partial charge in [0, 0.05) is 11.6 Å². The maximum atomic E-state index is 12.7. The Balaban J connectivity index is 1.71. The minimum atomic E-state index is -0.408. The van der Waals surface area contributed by atoms with E-state index >= 15 is 0 Å². The molecule has 8 heteroatoms. The zero-order chi connectivity index (χ0) is 20.8. The van der Waals surface area contributed by atoms with Crippen molar-refractivity contribution >= 4 is 23.5 Å². The third-order valence-corrected chi connectivity index (χ3v) is 4.30. The van der Waals surface area contributed by atoms with Crippen LogP contribution in [0.25, 0.3) is 0 Å². The Bertz CT molecular complexity index is 895. The highest BCUT2D eigenvalue weighted by molar-refractivity contribution is 6.05. The van der Waals surface area contributed by atoms with Gasteiger partial charge in [0.05, 0.1) is 32.0 Å². The van der Waals surface area contributed by atoms with Crippen LogP contribution in [0.5, 0.6) is 11.5 Å². The third kappa shape index (κ3) is 4.84. The number of hydrogen-bond donors (Lipinski definition) is 2. The zero-order valence-electron chi connectivity index (χ0n) is 16.4. The summed E-state index contributed by atoms with van der Waals surface area (Å²) in [5, 5.41) is 5.32. The number of amides is 4. The van der Waals surface area contributed by atoms with Crippen LogP contribution in [0.4, 0.5) is 10.5 Å². The van der Waals surface area contributed by atoms with Crippen molar-refractivity contribution in [3.8, 4) is 11.5 Å². The second kappa shape index (κ2) is 9.09. The number of nitrogens with one attached hydrogen (secondary N) is 2. The number of hydrogen-bond acceptors (Lipinski definition) is 5. The first-order valence-electron chi connectivity index (χ1n) is 9.40. The highest BCUT2D eigenvalue weighted by atomic mass is 16.5. The molecule has 1 aliphatic heterocycles. The highest BCUT2D eigenvalue weighted by Crippen LogP contribution is 2.30. The molecule has 0 aliphatic carbocycles. The van der Waals surface area contributed by atoms with Gasteiger partial charge in [-0.05, 0) is 43.7 Å². The number of rotatable bonds is 8. The molecule has 2 aromatic rings. The molecule has 0 spiro atoms. The topological polar surface area (TPSA) is 97.0 Å². The van der Waals surface area contributed by atoms with E-state index in [-0.39, 0.29) is 24.9 Å². The van der Waals surface area contributed by atoms with Crippen LogP contribution in [0, 0.1) is 0 Å². The summed E-state index contributed by atoms with van der Waals surface area (Å²) in [6.45, 7) is 4.91. The average molecular weight is 397 g/mol. The molecule has 0 aromatic heterocycles. The van der Waals surface area contributed by atoms with Crippen molar-refractivity contribution in [2.75, 3.05) is 25.1 Å². The van der Waals surface area contributed by atoms with E-state index in [0.29, 0.717) is 36.0 Å². The normalized spacial score (nSPS) is 13.2. The molecule has 0 atom stereocenters. The van der Waals surface area contributed by atoms with E-state index in [4.69, 9.17) is 9.47 Å². The Labute approximate surface area is 168 Å². The van der Waals surface area contributed by atoms with Crippen LogP contribution in [0.1, 0.15) is 29.8 Å². The molecule has 1 fully saturated rings. The monoisotopic (exact) mass is 397 g/mol. The summed E-state index contributed by atoms with van der Waals surface area (Å²) >= 11 is 0. The largest absolute Gasteiger partial charge is 0.494 e. The number of benzene rings is 2. The third-order valence-electron chi connectivity index (χ3n) is 4.30. The molecule has 0 radical (unpaired) electrons. The van der Waals surface area contributed by atoms with Gasteiger partial charge in [0.25, 0.3) is 5.91 Å². The smallest absolute Gasteiger partial charge is 0.324 e. The quantitative estimate of drug-likeness (QED) is 0.668. The molecule has 1 heterocycles. The lowest BCUT2D eigenvalue weighted by Crippen LogP contribution is -2.30. The lowest BCUT2D eigenvalue weighted by molar-refractivity contribution is -0.125. The van der Waals surface area contributed by atoms with Gasteiger partial charge < -0.3 is 20.1 Å². The highest BCUT2D eigenvalue weighted by Gasteiger charge is 2.28. The summed E-state index contributed by atoms with van der Waals surface area (Å²) in [5.74, 6) is 0.616. The van der Waals surface area contributed by atoms with Gasteiger partial charge in [-0.2, -0.15) is 0 Å². The van der Waals surface area contributed by atoms with Crippen molar-refractivity contribution in [2.45, 2.75) is 20.4 Å². The Morgan fingerprint density at radius 2 is 1.79 bits per heavy atom. The molecule has 0 saturated carbocycles. The van der Waals surface area contributed by atoms with Crippen LogP contribution in [-0.4, -0.2) is 42.5 Å². The Morgan fingerprint density at radius 3 is 2.41 bits per heavy atom. The first-order valence-corrected chi connectivity index (χ1v) is 9.40. The number of anilines is 1. The molecule has 2 aromatic carbocycles. The van der Waals surface area contributed by atoms with E-state index in [9.17, 15) is 14.4 Å². The van der Waals surface area contributed by atoms with Crippen LogP contribution >= 0.6 is 0 Å². The Hall–Kier alpha value is -3.55. The molecule has 4 amide bonds. The molecule has 0 bridgehead atoms. The fraction of sp³-hybridized carbons (Fsp3) is 0.286. The summed E-state index contributed by atoms with van der Waals surface area (Å²) in [6, 6.07) is 11.6. The number of ether oxygens (including phenoxy) is 2. The lowest BCUT2D eigenvalue weighted by atomic mass is 10.1. The SMILES string of the molecule is CCOc1ccc(OCC)c(NC(=O)c2ccc(CN3C(=O)CNC3=O)cc2)c1. The van der Waals surface area contributed by atoms with E-state index in [2.05, 4.69) is 10.6 Å². The molecule has 0 unspecified atom stereocenters. The number of imide groups is 1. The number of nitrogens with zero attached hydrogens (tertiary/aromatic N) is 1. The fourth-order valence-corrected chi connectivity index (χ4v) is 2.90. The summed E-state index contributed by atoms with van der Waals surface area (Å²) in [4.78, 5) is 37.1. The van der Waals surface area contributed by atoms with Gasteiger partial charge in [-0.3, -0.25) is 14.5 Å². The predicted molar refractivity (Wildman–Crippen MR) is 107 cm³/mol. The Kier molecular flexibility index (Phi) is 6.33. The van der Waals surface area contributed by atoms with Crippen molar-refractivity contribution < 1.29 is 23.9 Å². The van der Waals surface area contributed by atoms with Crippen LogP contribution in [0.15, 0.2) is 42.5 Å². The van der Waals surface area contributed by atoms with Crippen LogP contribution in [0.3, 0.4) is 0 Å². The van der Waals surface area contributed by atoms with Crippen LogP contribution in [-0.2, 0) is 11.3 Å². The minimum Gasteiger partial charge on any atom is -0.494 e. The number of carbonyl (C=O) groups excluding carboxylic acids is 3. The van der Waals surface area contributed by atoms with Crippen molar-refractivity contribution in [3.05, 3.63) is 53.6 Å². The summed E-state index contributed by atoms with van der Waals surface area (Å²) in [5.41, 5.74) is 1.71. The van der Waals surface area contributed by atoms with Crippen molar-refractivity contribution in [2.24, 2.45) is 0 Å². The molecule has 8 nitrogen and oxygen atoms in total. The minimum absolute atomic E-state index is 0.0162. The van der Waals surface area contributed by atoms with Gasteiger partial charge in [0.15, 0.2) is 0 Å². The molecule has 29 heavy (non-hydrogen) atoms. The summed E-state index contributed by atoms with van der Waals surface area (Å²) in [6.07, 6.45) is 0. The van der Waals surface area contributed by atoms with Gasteiger partial charge in [0.1, 0.15) is 11.5 Å². The lowest BCUT2D eigenvalue weighted by Gasteiger charge is -2.14. The van der Waals surface area contributed by atoms with E-state index < -0.39 is 6.03 Å². The van der Waals surface area contributed by atoms with E-state index in [1.165, 1.54) is 0 Å². The van der Waals surface area contributed by atoms with Gasteiger partial charge >= 0.3 is 6.03 Å².